The summed E-state index contributed by atoms with van der Waals surface area (Å²) in [5.41, 5.74) is 9.79. The van der Waals surface area contributed by atoms with Crippen molar-refractivity contribution in [2.24, 2.45) is 5.73 Å². The maximum atomic E-state index is 12.7. The first-order chi connectivity index (χ1) is 13.1. The highest BCUT2D eigenvalue weighted by Crippen LogP contribution is 2.25. The zero-order valence-corrected chi connectivity index (χ0v) is 15.1. The molecule has 2 heterocycles. The van der Waals surface area contributed by atoms with E-state index in [1.165, 1.54) is 11.1 Å². The van der Waals surface area contributed by atoms with Crippen LogP contribution in [-0.2, 0) is 22.5 Å². The second-order valence-electron chi connectivity index (χ2n) is 7.00. The summed E-state index contributed by atoms with van der Waals surface area (Å²) < 4.78 is 5.31. The number of carbonyl (C=O) groups excluding carboxylic acids is 2. The highest BCUT2D eigenvalue weighted by molar-refractivity contribution is 5.95. The van der Waals surface area contributed by atoms with Crippen molar-refractivity contribution >= 4 is 17.5 Å². The Morgan fingerprint density at radius 1 is 1.00 bits per heavy atom. The Balaban J connectivity index is 1.45. The Morgan fingerprint density at radius 3 is 2.48 bits per heavy atom. The molecule has 2 amide bonds. The first-order valence-electron chi connectivity index (χ1n) is 9.24. The summed E-state index contributed by atoms with van der Waals surface area (Å²) in [5.74, 6) is -0.631. The van der Waals surface area contributed by atoms with Crippen LogP contribution in [0.5, 0.6) is 0 Å². The Bertz CT molecular complexity index is 850. The lowest BCUT2D eigenvalue weighted by molar-refractivity contribution is -0.133. The third-order valence-electron chi connectivity index (χ3n) is 5.28. The molecule has 0 spiro atoms. The van der Waals surface area contributed by atoms with Crippen LogP contribution in [0.2, 0.25) is 0 Å². The van der Waals surface area contributed by atoms with Gasteiger partial charge in [-0.25, -0.2) is 0 Å². The highest BCUT2D eigenvalue weighted by atomic mass is 16.5. The van der Waals surface area contributed by atoms with Crippen LogP contribution in [0.15, 0.2) is 48.5 Å². The van der Waals surface area contributed by atoms with Crippen LogP contribution in [0.3, 0.4) is 0 Å². The van der Waals surface area contributed by atoms with Crippen molar-refractivity contribution in [2.75, 3.05) is 31.1 Å². The molecule has 0 saturated carbocycles. The maximum Gasteiger partial charge on any atom is 0.254 e. The Hall–Kier alpha value is -2.86. The van der Waals surface area contributed by atoms with Crippen LogP contribution < -0.4 is 10.6 Å². The largest absolute Gasteiger partial charge is 0.367 e. The minimum Gasteiger partial charge on any atom is -0.367 e. The van der Waals surface area contributed by atoms with E-state index in [1.54, 1.807) is 4.90 Å². The fraction of sp³-hybridized carbons (Fsp3) is 0.333. The maximum absolute atomic E-state index is 12.7. The van der Waals surface area contributed by atoms with Crippen molar-refractivity contribution in [3.05, 3.63) is 65.2 Å². The summed E-state index contributed by atoms with van der Waals surface area (Å²) in [5, 5.41) is 0. The van der Waals surface area contributed by atoms with Crippen molar-refractivity contribution < 1.29 is 14.3 Å². The summed E-state index contributed by atoms with van der Waals surface area (Å²) in [6, 6.07) is 16.2. The standard InChI is InChI=1S/C21H23N3O3/c22-20(25)19-14-24(11-12-27-19)21(26)16-5-7-18(8-6-16)23-10-9-15-3-1-2-4-17(15)13-23/h1-8,19H,9-14H2,(H2,22,25). The second-order valence-corrected chi connectivity index (χ2v) is 7.00. The minimum atomic E-state index is -0.726. The Labute approximate surface area is 158 Å². The van der Waals surface area contributed by atoms with E-state index in [1.807, 2.05) is 24.3 Å². The molecule has 0 bridgehead atoms. The molecule has 140 valence electrons. The van der Waals surface area contributed by atoms with Crippen LogP contribution in [-0.4, -0.2) is 49.1 Å². The molecule has 1 atom stereocenters. The quantitative estimate of drug-likeness (QED) is 0.896. The molecule has 1 unspecified atom stereocenters. The van der Waals surface area contributed by atoms with E-state index in [0.29, 0.717) is 18.7 Å². The number of amides is 2. The summed E-state index contributed by atoms with van der Waals surface area (Å²) in [6.45, 7) is 2.85. The number of fused-ring (bicyclic) bond motifs is 1. The normalized spacial score (nSPS) is 19.5. The van der Waals surface area contributed by atoms with Crippen LogP contribution in [0, 0.1) is 0 Å². The topological polar surface area (TPSA) is 75.9 Å². The van der Waals surface area contributed by atoms with Gasteiger partial charge in [-0.2, -0.15) is 0 Å². The van der Waals surface area contributed by atoms with E-state index in [4.69, 9.17) is 10.5 Å². The third kappa shape index (κ3) is 3.66. The summed E-state index contributed by atoms with van der Waals surface area (Å²) >= 11 is 0. The van der Waals surface area contributed by atoms with Crippen molar-refractivity contribution in [3.8, 4) is 0 Å². The first-order valence-corrected chi connectivity index (χ1v) is 9.24. The molecule has 1 saturated heterocycles. The molecule has 0 aliphatic carbocycles. The van der Waals surface area contributed by atoms with Gasteiger partial charge in [0, 0.05) is 30.9 Å². The van der Waals surface area contributed by atoms with Gasteiger partial charge in [-0.05, 0) is 41.8 Å². The number of nitrogens with zero attached hydrogens (tertiary/aromatic N) is 2. The Kier molecular flexibility index (Phi) is 4.81. The van der Waals surface area contributed by atoms with Gasteiger partial charge in [0.25, 0.3) is 5.91 Å². The highest BCUT2D eigenvalue weighted by Gasteiger charge is 2.28. The van der Waals surface area contributed by atoms with E-state index in [-0.39, 0.29) is 12.5 Å². The van der Waals surface area contributed by atoms with Gasteiger partial charge >= 0.3 is 0 Å². The van der Waals surface area contributed by atoms with E-state index in [9.17, 15) is 9.59 Å². The molecular weight excluding hydrogens is 342 g/mol. The van der Waals surface area contributed by atoms with Crippen molar-refractivity contribution in [1.29, 1.82) is 0 Å². The molecule has 6 nitrogen and oxygen atoms in total. The number of benzene rings is 2. The number of primary amides is 1. The van der Waals surface area contributed by atoms with Crippen LogP contribution in [0.4, 0.5) is 5.69 Å². The average molecular weight is 365 g/mol. The SMILES string of the molecule is NC(=O)C1CN(C(=O)c2ccc(N3CCc4ccccc4C3)cc2)CCO1. The number of ether oxygens (including phenoxy) is 1. The molecule has 6 heteroatoms. The number of hydrogen-bond donors (Lipinski definition) is 1. The number of hydrogen-bond acceptors (Lipinski definition) is 4. The lowest BCUT2D eigenvalue weighted by atomic mass is 9.99. The molecule has 2 aliphatic heterocycles. The van der Waals surface area contributed by atoms with Gasteiger partial charge in [-0.1, -0.05) is 24.3 Å². The zero-order valence-electron chi connectivity index (χ0n) is 15.1. The number of nitrogens with two attached hydrogens (primary N) is 1. The van der Waals surface area contributed by atoms with Gasteiger partial charge in [0.05, 0.1) is 13.2 Å². The van der Waals surface area contributed by atoms with Gasteiger partial charge < -0.3 is 20.3 Å². The van der Waals surface area contributed by atoms with E-state index >= 15 is 0 Å². The molecule has 2 aromatic rings. The predicted octanol–water partition coefficient (Wildman–Crippen LogP) is 1.58. The summed E-state index contributed by atoms with van der Waals surface area (Å²) in [4.78, 5) is 28.0. The molecule has 27 heavy (non-hydrogen) atoms. The monoisotopic (exact) mass is 365 g/mol. The summed E-state index contributed by atoms with van der Waals surface area (Å²) in [7, 11) is 0. The molecule has 2 aromatic carbocycles. The second kappa shape index (κ2) is 7.40. The Morgan fingerprint density at radius 2 is 1.74 bits per heavy atom. The van der Waals surface area contributed by atoms with Gasteiger partial charge in [0.15, 0.2) is 6.10 Å². The molecule has 0 radical (unpaired) electrons. The van der Waals surface area contributed by atoms with Crippen LogP contribution in [0.25, 0.3) is 0 Å². The lowest BCUT2D eigenvalue weighted by Gasteiger charge is -2.32. The van der Waals surface area contributed by atoms with Gasteiger partial charge in [0.1, 0.15) is 0 Å². The molecule has 4 rings (SSSR count). The number of morpholine rings is 1. The van der Waals surface area contributed by atoms with Crippen LogP contribution >= 0.6 is 0 Å². The van der Waals surface area contributed by atoms with Crippen molar-refractivity contribution in [1.82, 2.24) is 4.90 Å². The van der Waals surface area contributed by atoms with Gasteiger partial charge in [0.2, 0.25) is 5.91 Å². The molecular formula is C21H23N3O3. The van der Waals surface area contributed by atoms with Gasteiger partial charge in [-0.3, -0.25) is 9.59 Å². The van der Waals surface area contributed by atoms with Crippen LogP contribution in [0.1, 0.15) is 21.5 Å². The van der Waals surface area contributed by atoms with Crippen molar-refractivity contribution in [2.45, 2.75) is 19.1 Å². The number of anilines is 1. The molecule has 1 fully saturated rings. The van der Waals surface area contributed by atoms with E-state index < -0.39 is 12.0 Å². The average Bonchev–Trinajstić information content (AvgIpc) is 2.73. The minimum absolute atomic E-state index is 0.0971. The fourth-order valence-corrected chi connectivity index (χ4v) is 3.72. The van der Waals surface area contributed by atoms with E-state index in [0.717, 1.165) is 25.2 Å². The molecule has 2 aliphatic rings. The first kappa shape index (κ1) is 17.5. The summed E-state index contributed by atoms with van der Waals surface area (Å²) in [6.07, 6.45) is 0.300. The molecule has 0 aromatic heterocycles. The molecule has 2 N–H and O–H groups in total. The predicted molar refractivity (Wildman–Crippen MR) is 102 cm³/mol. The smallest absolute Gasteiger partial charge is 0.254 e. The van der Waals surface area contributed by atoms with E-state index in [2.05, 4.69) is 29.2 Å². The third-order valence-corrected chi connectivity index (χ3v) is 5.28. The van der Waals surface area contributed by atoms with Crippen molar-refractivity contribution in [3.63, 3.8) is 0 Å². The van der Waals surface area contributed by atoms with Gasteiger partial charge in [-0.15, -0.1) is 0 Å². The lowest BCUT2D eigenvalue weighted by Crippen LogP contribution is -2.50. The zero-order chi connectivity index (χ0) is 18.8. The fourth-order valence-electron chi connectivity index (χ4n) is 3.72. The number of rotatable bonds is 3. The number of carbonyl (C=O) groups is 2.